The van der Waals surface area contributed by atoms with E-state index in [9.17, 15) is 8.42 Å². The van der Waals surface area contributed by atoms with Crippen LogP contribution in [0.5, 0.6) is 0 Å². The van der Waals surface area contributed by atoms with E-state index in [-0.39, 0.29) is 6.61 Å². The molecule has 0 saturated carbocycles. The van der Waals surface area contributed by atoms with Gasteiger partial charge in [-0.1, -0.05) is 111 Å². The Morgan fingerprint density at radius 2 is 0.923 bits per heavy atom. The molecule has 0 aliphatic heterocycles. The molecule has 0 radical (unpaired) electrons. The van der Waals surface area contributed by atoms with Gasteiger partial charge in [-0.3, -0.25) is 4.18 Å². The van der Waals surface area contributed by atoms with E-state index in [4.69, 9.17) is 5.14 Å². The van der Waals surface area contributed by atoms with Gasteiger partial charge in [0.1, 0.15) is 0 Å². The molecule has 0 spiro atoms. The van der Waals surface area contributed by atoms with Crippen molar-refractivity contribution in [1.29, 1.82) is 0 Å². The van der Waals surface area contributed by atoms with Crippen LogP contribution in [0.1, 0.15) is 124 Å². The van der Waals surface area contributed by atoms with Gasteiger partial charge in [-0.25, -0.2) is 5.14 Å². The Labute approximate surface area is 163 Å². The molecular weight excluding hydrogens is 346 g/mol. The van der Waals surface area contributed by atoms with Gasteiger partial charge in [0, 0.05) is 0 Å². The van der Waals surface area contributed by atoms with E-state index in [1.54, 1.807) is 0 Å². The van der Waals surface area contributed by atoms with Crippen molar-refractivity contribution >= 4 is 10.3 Å². The Balaban J connectivity index is 3.09. The fourth-order valence-electron chi connectivity index (χ4n) is 3.23. The Bertz CT molecular complexity index is 402. The van der Waals surface area contributed by atoms with Gasteiger partial charge in [0.25, 0.3) is 0 Å². The zero-order chi connectivity index (χ0) is 19.7. The van der Waals surface area contributed by atoms with Crippen molar-refractivity contribution in [3.63, 3.8) is 0 Å². The predicted molar refractivity (Wildman–Crippen MR) is 112 cm³/mol. The first kappa shape index (κ1) is 25.9. The van der Waals surface area contributed by atoms with E-state index in [1.807, 2.05) is 0 Å². The number of hydrogen-bond acceptors (Lipinski definition) is 3. The normalized spacial score (nSPS) is 12.6. The summed E-state index contributed by atoms with van der Waals surface area (Å²) in [4.78, 5) is 0. The molecule has 0 atom stereocenters. The van der Waals surface area contributed by atoms with Crippen LogP contribution in [-0.2, 0) is 14.5 Å². The van der Waals surface area contributed by atoms with Crippen molar-refractivity contribution < 1.29 is 12.6 Å². The van der Waals surface area contributed by atoms with E-state index in [2.05, 4.69) is 25.0 Å². The van der Waals surface area contributed by atoms with Crippen molar-refractivity contribution in [2.75, 3.05) is 6.61 Å². The lowest BCUT2D eigenvalue weighted by Crippen LogP contribution is -2.16. The predicted octanol–water partition coefficient (Wildman–Crippen LogP) is 6.49. The van der Waals surface area contributed by atoms with Crippen LogP contribution in [0, 0.1) is 5.41 Å². The third kappa shape index (κ3) is 23.9. The van der Waals surface area contributed by atoms with Gasteiger partial charge >= 0.3 is 10.3 Å². The van der Waals surface area contributed by atoms with Gasteiger partial charge in [0.05, 0.1) is 6.61 Å². The molecule has 0 fully saturated rings. The summed E-state index contributed by atoms with van der Waals surface area (Å²) in [6.07, 6.45) is 20.8. The molecule has 0 saturated heterocycles. The van der Waals surface area contributed by atoms with E-state index in [1.165, 1.54) is 83.5 Å². The first-order valence-corrected chi connectivity index (χ1v) is 12.3. The summed E-state index contributed by atoms with van der Waals surface area (Å²) in [7, 11) is -3.75. The van der Waals surface area contributed by atoms with Gasteiger partial charge in [-0.15, -0.1) is 0 Å². The number of hydrogen-bond donors (Lipinski definition) is 1. The Kier molecular flexibility index (Phi) is 15.8. The molecule has 26 heavy (non-hydrogen) atoms. The van der Waals surface area contributed by atoms with Crippen molar-refractivity contribution in [1.82, 2.24) is 0 Å². The fraction of sp³-hybridized carbons (Fsp3) is 1.00. The zero-order valence-electron chi connectivity index (χ0n) is 17.7. The topological polar surface area (TPSA) is 69.4 Å². The highest BCUT2D eigenvalue weighted by molar-refractivity contribution is 7.84. The molecular formula is C21H45NO3S. The molecule has 4 nitrogen and oxygen atoms in total. The SMILES string of the molecule is CC(C)(C)CCCCCCCCCCCCCCCCCOS(N)(=O)=O. The third-order valence-electron chi connectivity index (χ3n) is 4.82. The van der Waals surface area contributed by atoms with Crippen molar-refractivity contribution in [2.45, 2.75) is 124 Å². The van der Waals surface area contributed by atoms with Gasteiger partial charge in [-0.2, -0.15) is 8.42 Å². The Morgan fingerprint density at radius 1 is 0.615 bits per heavy atom. The zero-order valence-corrected chi connectivity index (χ0v) is 18.5. The Hall–Kier alpha value is -0.130. The van der Waals surface area contributed by atoms with Crippen LogP contribution < -0.4 is 5.14 Å². The van der Waals surface area contributed by atoms with Crippen LogP contribution in [-0.4, -0.2) is 15.0 Å². The number of rotatable bonds is 18. The lowest BCUT2D eigenvalue weighted by molar-refractivity contribution is 0.306. The van der Waals surface area contributed by atoms with Gasteiger partial charge < -0.3 is 0 Å². The highest BCUT2D eigenvalue weighted by atomic mass is 32.2. The summed E-state index contributed by atoms with van der Waals surface area (Å²) in [5.74, 6) is 0. The molecule has 0 bridgehead atoms. The molecule has 0 aliphatic rings. The number of unbranched alkanes of at least 4 members (excludes halogenated alkanes) is 14. The second-order valence-corrected chi connectivity index (χ2v) is 10.2. The van der Waals surface area contributed by atoms with Gasteiger partial charge in [-0.05, 0) is 18.3 Å². The molecule has 0 aromatic carbocycles. The number of nitrogens with two attached hydrogens (primary N) is 1. The maximum absolute atomic E-state index is 10.6. The monoisotopic (exact) mass is 391 g/mol. The molecule has 0 amide bonds. The summed E-state index contributed by atoms with van der Waals surface area (Å²) in [5, 5.41) is 4.77. The molecule has 0 unspecified atom stereocenters. The smallest absolute Gasteiger partial charge is 0.258 e. The van der Waals surface area contributed by atoms with Crippen LogP contribution in [0.3, 0.4) is 0 Å². The summed E-state index contributed by atoms with van der Waals surface area (Å²) >= 11 is 0. The summed E-state index contributed by atoms with van der Waals surface area (Å²) in [6.45, 7) is 7.22. The minimum Gasteiger partial charge on any atom is -0.258 e. The van der Waals surface area contributed by atoms with E-state index >= 15 is 0 Å². The molecule has 0 aromatic rings. The van der Waals surface area contributed by atoms with Crippen LogP contribution in [0.4, 0.5) is 0 Å². The van der Waals surface area contributed by atoms with Gasteiger partial charge in [0.15, 0.2) is 0 Å². The quantitative estimate of drug-likeness (QED) is 0.271. The molecule has 0 aromatic heterocycles. The van der Waals surface area contributed by atoms with Crippen LogP contribution in [0.25, 0.3) is 0 Å². The van der Waals surface area contributed by atoms with Crippen LogP contribution in [0.15, 0.2) is 0 Å². The maximum Gasteiger partial charge on any atom is 0.333 e. The Morgan fingerprint density at radius 3 is 1.23 bits per heavy atom. The van der Waals surface area contributed by atoms with E-state index < -0.39 is 10.3 Å². The average molecular weight is 392 g/mol. The minimum atomic E-state index is -3.75. The molecule has 0 aliphatic carbocycles. The fourth-order valence-corrected chi connectivity index (χ4v) is 3.58. The van der Waals surface area contributed by atoms with E-state index in [0.717, 1.165) is 19.3 Å². The summed E-state index contributed by atoms with van der Waals surface area (Å²) in [6, 6.07) is 0. The third-order valence-corrected chi connectivity index (χ3v) is 5.31. The first-order valence-electron chi connectivity index (χ1n) is 10.9. The maximum atomic E-state index is 10.6. The average Bonchev–Trinajstić information content (AvgIpc) is 2.51. The van der Waals surface area contributed by atoms with Crippen molar-refractivity contribution in [2.24, 2.45) is 10.6 Å². The lowest BCUT2D eigenvalue weighted by Gasteiger charge is -2.17. The van der Waals surface area contributed by atoms with Crippen LogP contribution in [0.2, 0.25) is 0 Å². The molecule has 5 heteroatoms. The first-order chi connectivity index (χ1) is 12.2. The van der Waals surface area contributed by atoms with Gasteiger partial charge in [0.2, 0.25) is 0 Å². The highest BCUT2D eigenvalue weighted by Crippen LogP contribution is 2.22. The summed E-state index contributed by atoms with van der Waals surface area (Å²) < 4.78 is 25.7. The second-order valence-electron chi connectivity index (χ2n) is 8.93. The minimum absolute atomic E-state index is 0.218. The molecule has 0 rings (SSSR count). The molecule has 158 valence electrons. The highest BCUT2D eigenvalue weighted by Gasteiger charge is 2.08. The summed E-state index contributed by atoms with van der Waals surface area (Å²) in [5.41, 5.74) is 0.502. The van der Waals surface area contributed by atoms with Crippen molar-refractivity contribution in [3.8, 4) is 0 Å². The van der Waals surface area contributed by atoms with Crippen molar-refractivity contribution in [3.05, 3.63) is 0 Å². The molecule has 2 N–H and O–H groups in total. The second kappa shape index (κ2) is 15.9. The largest absolute Gasteiger partial charge is 0.333 e. The standard InChI is InChI=1S/C21H45NO3S/c1-21(2,3)19-17-15-13-11-9-7-5-4-6-8-10-12-14-16-18-20-25-26(22,23)24/h4-20H2,1-3H3,(H2,22,23,24). The molecule has 0 heterocycles. The van der Waals surface area contributed by atoms with Crippen LogP contribution >= 0.6 is 0 Å². The lowest BCUT2D eigenvalue weighted by atomic mass is 9.89. The van der Waals surface area contributed by atoms with E-state index in [0.29, 0.717) is 5.41 Å².